The van der Waals surface area contributed by atoms with Crippen LogP contribution in [-0.2, 0) is 4.79 Å². The van der Waals surface area contributed by atoms with Crippen LogP contribution in [0.2, 0.25) is 0 Å². The van der Waals surface area contributed by atoms with Gasteiger partial charge in [0.25, 0.3) is 0 Å². The second-order valence-corrected chi connectivity index (χ2v) is 1.23. The van der Waals surface area contributed by atoms with E-state index in [1.807, 2.05) is 0 Å². The van der Waals surface area contributed by atoms with Crippen molar-refractivity contribution in [2.24, 2.45) is 5.73 Å². The average molecular weight is 114 g/mol. The third-order valence-corrected chi connectivity index (χ3v) is 0.543. The average Bonchev–Trinajstić information content (AvgIpc) is 1.66. The van der Waals surface area contributed by atoms with Crippen LogP contribution >= 0.6 is 0 Å². The van der Waals surface area contributed by atoms with Gasteiger partial charge in [-0.25, -0.2) is 0 Å². The molecule has 0 amide bonds. The smallest absolute Gasteiger partial charge is 0.200 e. The Bertz CT molecular complexity index is 91.3. The van der Waals surface area contributed by atoms with Crippen LogP contribution in [0.15, 0.2) is 0 Å². The minimum Gasteiger partial charge on any atom is -0.370 e. The molecule has 0 saturated carbocycles. The Balaban J connectivity index is 2.93. The minimum absolute atomic E-state index is 0.111. The summed E-state index contributed by atoms with van der Waals surface area (Å²) in [5, 5.41) is 9.05. The quantitative estimate of drug-likeness (QED) is 0.249. The van der Waals surface area contributed by atoms with Crippen molar-refractivity contribution in [3.63, 3.8) is 0 Å². The lowest BCUT2D eigenvalue weighted by Gasteiger charge is -1.95. The zero-order valence-corrected chi connectivity index (χ0v) is 4.40. The molecule has 0 atom stereocenters. The molecule has 0 aromatic rings. The van der Waals surface area contributed by atoms with E-state index in [1.54, 1.807) is 6.29 Å². The molecule has 0 fully saturated rings. The van der Waals surface area contributed by atoms with E-state index in [0.717, 1.165) is 0 Å². The highest BCUT2D eigenvalue weighted by molar-refractivity contribution is 5.74. The van der Waals surface area contributed by atoms with Crippen LogP contribution in [-0.4, -0.2) is 18.8 Å². The summed E-state index contributed by atoms with van der Waals surface area (Å²) in [4.78, 5) is 9.51. The van der Waals surface area contributed by atoms with E-state index in [0.29, 0.717) is 6.54 Å². The van der Waals surface area contributed by atoms with Crippen LogP contribution in [0.1, 0.15) is 6.42 Å². The van der Waals surface area contributed by atoms with Gasteiger partial charge < -0.3 is 11.1 Å². The summed E-state index contributed by atoms with van der Waals surface area (Å²) in [6, 6.07) is 0. The van der Waals surface area contributed by atoms with E-state index in [4.69, 9.17) is 11.1 Å². The molecule has 0 aromatic carbocycles. The molecule has 8 heavy (non-hydrogen) atoms. The number of hydrogen-bond acceptors (Lipinski definition) is 2. The lowest BCUT2D eigenvalue weighted by atomic mass is 10.5. The molecule has 0 aromatic heterocycles. The van der Waals surface area contributed by atoms with Gasteiger partial charge in [-0.2, -0.15) is 0 Å². The third-order valence-electron chi connectivity index (χ3n) is 0.543. The molecule has 0 aliphatic carbocycles. The second-order valence-electron chi connectivity index (χ2n) is 1.23. The van der Waals surface area contributed by atoms with Gasteiger partial charge in [-0.1, -0.05) is 0 Å². The molecule has 45 valence electrons. The summed E-state index contributed by atoms with van der Waals surface area (Å²) in [6.07, 6.45) is 1.94. The van der Waals surface area contributed by atoms with Crippen LogP contribution in [0.3, 0.4) is 0 Å². The largest absolute Gasteiger partial charge is 0.370 e. The van der Waals surface area contributed by atoms with E-state index in [9.17, 15) is 4.79 Å². The molecule has 0 rings (SSSR count). The van der Waals surface area contributed by atoms with Gasteiger partial charge in [0.1, 0.15) is 0 Å². The summed E-state index contributed by atoms with van der Waals surface area (Å²) in [5.74, 6) is -0.111. The number of nitrogens with one attached hydrogen (secondary N) is 2. The Morgan fingerprint density at radius 2 is 2.50 bits per heavy atom. The molecule has 1 radical (unpaired) electrons. The van der Waals surface area contributed by atoms with Gasteiger partial charge in [-0.15, -0.1) is 0 Å². The van der Waals surface area contributed by atoms with Crippen molar-refractivity contribution >= 4 is 12.2 Å². The van der Waals surface area contributed by atoms with Gasteiger partial charge in [0.05, 0.1) is 0 Å². The Morgan fingerprint density at radius 1 is 1.88 bits per heavy atom. The fourth-order valence-electron chi connectivity index (χ4n) is 0.248. The zero-order valence-electron chi connectivity index (χ0n) is 4.40. The van der Waals surface area contributed by atoms with Crippen molar-refractivity contribution in [1.29, 1.82) is 5.41 Å². The number of rotatable bonds is 3. The van der Waals surface area contributed by atoms with E-state index in [-0.39, 0.29) is 12.4 Å². The Morgan fingerprint density at radius 3 is 2.88 bits per heavy atom. The second kappa shape index (κ2) is 4.11. The number of hydrogen-bond donors (Lipinski definition) is 3. The highest BCUT2D eigenvalue weighted by Gasteiger charge is 1.83. The van der Waals surface area contributed by atoms with Crippen molar-refractivity contribution in [2.75, 3.05) is 6.54 Å². The fourth-order valence-corrected chi connectivity index (χ4v) is 0.248. The summed E-state index contributed by atoms with van der Waals surface area (Å²) in [6.45, 7) is 0.402. The zero-order chi connectivity index (χ0) is 6.41. The van der Waals surface area contributed by atoms with Crippen LogP contribution < -0.4 is 11.1 Å². The number of guanidine groups is 1. The maximum Gasteiger partial charge on any atom is 0.200 e. The summed E-state index contributed by atoms with van der Waals surface area (Å²) in [5.41, 5.74) is 4.88. The fraction of sp³-hybridized carbons (Fsp3) is 0.500. The third kappa shape index (κ3) is 4.94. The van der Waals surface area contributed by atoms with Gasteiger partial charge in [0, 0.05) is 13.0 Å². The predicted octanol–water partition coefficient (Wildman–Crippen LogP) is -1.03. The number of nitrogens with two attached hydrogens (primary N) is 1. The van der Waals surface area contributed by atoms with Crippen LogP contribution in [0.25, 0.3) is 0 Å². The molecule has 0 aliphatic rings. The van der Waals surface area contributed by atoms with E-state index in [1.165, 1.54) is 0 Å². The molecule has 0 spiro atoms. The first-order valence-electron chi connectivity index (χ1n) is 2.20. The molecule has 0 aliphatic heterocycles. The van der Waals surface area contributed by atoms with Gasteiger partial charge in [0.2, 0.25) is 0 Å². The first-order valence-corrected chi connectivity index (χ1v) is 2.20. The number of carbonyl (C=O) groups excluding carboxylic acids is 1. The molecular weight excluding hydrogens is 106 g/mol. The van der Waals surface area contributed by atoms with E-state index < -0.39 is 0 Å². The van der Waals surface area contributed by atoms with Crippen molar-refractivity contribution in [3.05, 3.63) is 0 Å². The molecule has 4 N–H and O–H groups in total. The first-order chi connectivity index (χ1) is 3.77. The predicted molar refractivity (Wildman–Crippen MR) is 30.2 cm³/mol. The van der Waals surface area contributed by atoms with Gasteiger partial charge in [0.15, 0.2) is 12.2 Å². The Labute approximate surface area is 47.6 Å². The lowest BCUT2D eigenvalue weighted by molar-refractivity contribution is 0.550. The Hall–Kier alpha value is -1.06. The van der Waals surface area contributed by atoms with E-state index >= 15 is 0 Å². The molecule has 0 saturated heterocycles. The molecule has 4 heteroatoms. The van der Waals surface area contributed by atoms with Gasteiger partial charge >= 0.3 is 0 Å². The molecular formula is C4H8N3O. The Kier molecular flexibility index (Phi) is 3.56. The highest BCUT2D eigenvalue weighted by Crippen LogP contribution is 1.63. The topological polar surface area (TPSA) is 79.0 Å². The molecule has 0 heterocycles. The maximum absolute atomic E-state index is 9.51. The standard InChI is InChI=1S/C4H8N3O/c5-4(6)7-2-1-3-8/h1-2H2,(H4,5,6,7). The van der Waals surface area contributed by atoms with Crippen molar-refractivity contribution < 1.29 is 4.79 Å². The van der Waals surface area contributed by atoms with Crippen LogP contribution in [0.5, 0.6) is 0 Å². The van der Waals surface area contributed by atoms with Crippen LogP contribution in [0.4, 0.5) is 0 Å². The summed E-state index contributed by atoms with van der Waals surface area (Å²) >= 11 is 0. The lowest BCUT2D eigenvalue weighted by Crippen LogP contribution is -2.30. The molecule has 0 unspecified atom stereocenters. The first kappa shape index (κ1) is 6.94. The normalized spacial score (nSPS) is 8.00. The monoisotopic (exact) mass is 114 g/mol. The highest BCUT2D eigenvalue weighted by atomic mass is 16.1. The minimum atomic E-state index is -0.111. The van der Waals surface area contributed by atoms with Gasteiger partial charge in [-0.05, 0) is 0 Å². The molecule has 4 nitrogen and oxygen atoms in total. The van der Waals surface area contributed by atoms with Crippen molar-refractivity contribution in [3.8, 4) is 0 Å². The van der Waals surface area contributed by atoms with Gasteiger partial charge in [-0.3, -0.25) is 10.2 Å². The maximum atomic E-state index is 9.51. The summed E-state index contributed by atoms with van der Waals surface area (Å²) < 4.78 is 0. The SMILES string of the molecule is N=C(N)NCC[C]=O. The molecule has 0 bridgehead atoms. The summed E-state index contributed by atoms with van der Waals surface area (Å²) in [7, 11) is 0. The van der Waals surface area contributed by atoms with Crippen LogP contribution in [0, 0.1) is 5.41 Å². The van der Waals surface area contributed by atoms with Crippen molar-refractivity contribution in [2.45, 2.75) is 6.42 Å². The van der Waals surface area contributed by atoms with Crippen molar-refractivity contribution in [1.82, 2.24) is 5.32 Å². The van der Waals surface area contributed by atoms with E-state index in [2.05, 4.69) is 5.32 Å².